The Kier molecular flexibility index (Phi) is 5.91. The van der Waals surface area contributed by atoms with Gasteiger partial charge in [-0.15, -0.1) is 24.8 Å². The minimum atomic E-state index is 0. The monoisotopic (exact) mass is 303 g/mol. The van der Waals surface area contributed by atoms with Crippen LogP contribution in [0, 0.1) is 0 Å². The number of nitrogens with one attached hydrogen (secondary N) is 2. The van der Waals surface area contributed by atoms with Gasteiger partial charge in [0.2, 0.25) is 5.91 Å². The van der Waals surface area contributed by atoms with E-state index in [-0.39, 0.29) is 30.7 Å². The van der Waals surface area contributed by atoms with Gasteiger partial charge in [0.1, 0.15) is 0 Å². The van der Waals surface area contributed by atoms with Gasteiger partial charge in [-0.1, -0.05) is 0 Å². The molecular weight excluding hydrogens is 285 g/mol. The highest BCUT2D eigenvalue weighted by Gasteiger charge is 2.17. The Morgan fingerprint density at radius 2 is 1.79 bits per heavy atom. The third-order valence-corrected chi connectivity index (χ3v) is 3.47. The molecule has 0 atom stereocenters. The van der Waals surface area contributed by atoms with Crippen molar-refractivity contribution in [1.29, 1.82) is 0 Å². The SMILES string of the molecule is Cl.Cl.O=C1CCc2cc(N3CCNCC3)ccc2N1. The summed E-state index contributed by atoms with van der Waals surface area (Å²) in [6.45, 7) is 4.22. The van der Waals surface area contributed by atoms with Crippen molar-refractivity contribution in [2.45, 2.75) is 12.8 Å². The molecule has 0 aliphatic carbocycles. The summed E-state index contributed by atoms with van der Waals surface area (Å²) in [6, 6.07) is 6.36. The lowest BCUT2D eigenvalue weighted by molar-refractivity contribution is -0.116. The standard InChI is InChI=1S/C13H17N3O.2ClH/c17-13-4-1-10-9-11(2-3-12(10)15-13)16-7-5-14-6-8-16;;/h2-3,9,14H,1,4-8H2,(H,15,17);2*1H. The normalized spacial score (nSPS) is 17.7. The van der Waals surface area contributed by atoms with E-state index in [9.17, 15) is 4.79 Å². The first-order chi connectivity index (χ1) is 8.33. The number of benzene rings is 1. The zero-order valence-electron chi connectivity index (χ0n) is 10.6. The molecule has 4 nitrogen and oxygen atoms in total. The number of carbonyl (C=O) groups excluding carboxylic acids is 1. The molecule has 1 amide bonds. The van der Waals surface area contributed by atoms with Crippen molar-refractivity contribution in [3.8, 4) is 0 Å². The van der Waals surface area contributed by atoms with Crippen molar-refractivity contribution in [2.75, 3.05) is 36.4 Å². The molecule has 3 rings (SSSR count). The second kappa shape index (κ2) is 6.98. The fraction of sp³-hybridized carbons (Fsp3) is 0.462. The third kappa shape index (κ3) is 3.53. The van der Waals surface area contributed by atoms with Gasteiger partial charge in [0.25, 0.3) is 0 Å². The zero-order chi connectivity index (χ0) is 11.7. The van der Waals surface area contributed by atoms with Crippen LogP contribution in [-0.4, -0.2) is 32.1 Å². The number of halogens is 2. The molecule has 0 bridgehead atoms. The summed E-state index contributed by atoms with van der Waals surface area (Å²) in [6.07, 6.45) is 1.47. The van der Waals surface area contributed by atoms with Crippen molar-refractivity contribution in [2.24, 2.45) is 0 Å². The minimum Gasteiger partial charge on any atom is -0.369 e. The first kappa shape index (κ1) is 16.1. The lowest BCUT2D eigenvalue weighted by atomic mass is 10.0. The molecule has 1 aromatic rings. The van der Waals surface area contributed by atoms with Gasteiger partial charge in [0.05, 0.1) is 0 Å². The van der Waals surface area contributed by atoms with Gasteiger partial charge in [-0.25, -0.2) is 0 Å². The zero-order valence-corrected chi connectivity index (χ0v) is 12.3. The van der Waals surface area contributed by atoms with Gasteiger partial charge in [0, 0.05) is 44.0 Å². The van der Waals surface area contributed by atoms with Crippen LogP contribution in [0.15, 0.2) is 18.2 Å². The largest absolute Gasteiger partial charge is 0.369 e. The summed E-state index contributed by atoms with van der Waals surface area (Å²) in [5.74, 6) is 0.132. The van der Waals surface area contributed by atoms with E-state index in [4.69, 9.17) is 0 Å². The number of hydrogen-bond donors (Lipinski definition) is 2. The van der Waals surface area contributed by atoms with E-state index in [1.807, 2.05) is 6.07 Å². The van der Waals surface area contributed by atoms with Gasteiger partial charge >= 0.3 is 0 Å². The topological polar surface area (TPSA) is 44.4 Å². The van der Waals surface area contributed by atoms with Crippen LogP contribution >= 0.6 is 24.8 Å². The van der Waals surface area contributed by atoms with Crippen molar-refractivity contribution in [3.63, 3.8) is 0 Å². The molecule has 2 aliphatic rings. The summed E-state index contributed by atoms with van der Waals surface area (Å²) < 4.78 is 0. The number of rotatable bonds is 1. The van der Waals surface area contributed by atoms with Crippen LogP contribution in [0.25, 0.3) is 0 Å². The Labute approximate surface area is 125 Å². The number of anilines is 2. The van der Waals surface area contributed by atoms with Crippen LogP contribution in [-0.2, 0) is 11.2 Å². The molecule has 1 saturated heterocycles. The highest BCUT2D eigenvalue weighted by molar-refractivity contribution is 5.94. The average Bonchev–Trinajstić information content (AvgIpc) is 2.39. The molecule has 0 aromatic heterocycles. The Balaban J connectivity index is 0.000000902. The smallest absolute Gasteiger partial charge is 0.224 e. The molecule has 2 aliphatic heterocycles. The van der Waals surface area contributed by atoms with Crippen LogP contribution in [0.2, 0.25) is 0 Å². The van der Waals surface area contributed by atoms with E-state index in [0.717, 1.165) is 38.3 Å². The number of amides is 1. The van der Waals surface area contributed by atoms with Crippen molar-refractivity contribution < 1.29 is 4.79 Å². The van der Waals surface area contributed by atoms with Gasteiger partial charge in [-0.2, -0.15) is 0 Å². The number of piperazine rings is 1. The highest BCUT2D eigenvalue weighted by Crippen LogP contribution is 2.27. The summed E-state index contributed by atoms with van der Waals surface area (Å²) in [5, 5.41) is 6.27. The quantitative estimate of drug-likeness (QED) is 0.832. The number of fused-ring (bicyclic) bond motifs is 1. The molecule has 2 N–H and O–H groups in total. The van der Waals surface area contributed by atoms with Crippen molar-refractivity contribution in [1.82, 2.24) is 5.32 Å². The van der Waals surface area contributed by atoms with Crippen LogP contribution < -0.4 is 15.5 Å². The maximum atomic E-state index is 11.3. The number of aryl methyl sites for hydroxylation is 1. The molecule has 1 fully saturated rings. The highest BCUT2D eigenvalue weighted by atomic mass is 35.5. The van der Waals surface area contributed by atoms with E-state index in [1.165, 1.54) is 11.3 Å². The van der Waals surface area contributed by atoms with E-state index in [0.29, 0.717) is 6.42 Å². The van der Waals surface area contributed by atoms with Crippen molar-refractivity contribution >= 4 is 42.1 Å². The Morgan fingerprint density at radius 1 is 1.05 bits per heavy atom. The molecule has 2 heterocycles. The van der Waals surface area contributed by atoms with E-state index in [1.54, 1.807) is 0 Å². The number of hydrogen-bond acceptors (Lipinski definition) is 3. The summed E-state index contributed by atoms with van der Waals surface area (Å²) in [4.78, 5) is 13.7. The average molecular weight is 304 g/mol. The van der Waals surface area contributed by atoms with E-state index >= 15 is 0 Å². The summed E-state index contributed by atoms with van der Waals surface area (Å²) >= 11 is 0. The molecule has 1 aromatic carbocycles. The number of carbonyl (C=O) groups is 1. The second-order valence-corrected chi connectivity index (χ2v) is 4.63. The Hall–Kier alpha value is -0.970. The van der Waals surface area contributed by atoms with Crippen LogP contribution in [0.3, 0.4) is 0 Å². The summed E-state index contributed by atoms with van der Waals surface area (Å²) in [5.41, 5.74) is 3.53. The first-order valence-electron chi connectivity index (χ1n) is 6.21. The summed E-state index contributed by atoms with van der Waals surface area (Å²) in [7, 11) is 0. The molecule has 19 heavy (non-hydrogen) atoms. The number of nitrogens with zero attached hydrogens (tertiary/aromatic N) is 1. The van der Waals surface area contributed by atoms with Gasteiger partial charge in [-0.05, 0) is 30.2 Å². The Bertz CT molecular complexity index is 448. The van der Waals surface area contributed by atoms with Crippen LogP contribution in [0.5, 0.6) is 0 Å². The lowest BCUT2D eigenvalue weighted by Gasteiger charge is -2.30. The van der Waals surface area contributed by atoms with Crippen molar-refractivity contribution in [3.05, 3.63) is 23.8 Å². The maximum Gasteiger partial charge on any atom is 0.224 e. The molecule has 6 heteroatoms. The van der Waals surface area contributed by atoms with E-state index in [2.05, 4.69) is 27.7 Å². The predicted molar refractivity (Wildman–Crippen MR) is 83.0 cm³/mol. The van der Waals surface area contributed by atoms with Crippen LogP contribution in [0.4, 0.5) is 11.4 Å². The molecule has 0 spiro atoms. The fourth-order valence-electron chi connectivity index (χ4n) is 2.49. The predicted octanol–water partition coefficient (Wildman–Crippen LogP) is 1.82. The molecule has 0 saturated carbocycles. The second-order valence-electron chi connectivity index (χ2n) is 4.63. The lowest BCUT2D eigenvalue weighted by Crippen LogP contribution is -2.43. The molecule has 0 unspecified atom stereocenters. The molecular formula is C13H19Cl2N3O. The fourth-order valence-corrected chi connectivity index (χ4v) is 2.49. The molecule has 106 valence electrons. The third-order valence-electron chi connectivity index (χ3n) is 3.47. The minimum absolute atomic E-state index is 0. The van der Waals surface area contributed by atoms with E-state index < -0.39 is 0 Å². The molecule has 0 radical (unpaired) electrons. The Morgan fingerprint density at radius 3 is 2.53 bits per heavy atom. The first-order valence-corrected chi connectivity index (χ1v) is 6.21. The van der Waals surface area contributed by atoms with Gasteiger partial charge in [0.15, 0.2) is 0 Å². The van der Waals surface area contributed by atoms with Gasteiger partial charge < -0.3 is 15.5 Å². The van der Waals surface area contributed by atoms with Gasteiger partial charge in [-0.3, -0.25) is 4.79 Å². The maximum absolute atomic E-state index is 11.3. The van der Waals surface area contributed by atoms with Crippen LogP contribution in [0.1, 0.15) is 12.0 Å².